The largest absolute Gasteiger partial charge is 0.375 e. The van der Waals surface area contributed by atoms with Crippen molar-refractivity contribution in [2.75, 3.05) is 13.2 Å². The lowest BCUT2D eigenvalue weighted by atomic mass is 9.96. The topological polar surface area (TPSA) is 27.7 Å². The van der Waals surface area contributed by atoms with Gasteiger partial charge in [-0.15, -0.1) is 0 Å². The van der Waals surface area contributed by atoms with Gasteiger partial charge in [-0.25, -0.2) is 0 Å². The monoisotopic (exact) mass is 607 g/mol. The van der Waals surface area contributed by atoms with Crippen LogP contribution in [0.3, 0.4) is 0 Å². The van der Waals surface area contributed by atoms with Gasteiger partial charge in [0.1, 0.15) is 0 Å². The lowest BCUT2D eigenvalue weighted by Gasteiger charge is -2.40. The van der Waals surface area contributed by atoms with Crippen LogP contribution in [-0.4, -0.2) is 37.6 Å². The summed E-state index contributed by atoms with van der Waals surface area (Å²) in [4.78, 5) is 0. The Hall–Kier alpha value is -0.120. The Morgan fingerprint density at radius 2 is 0.628 bits per heavy atom. The van der Waals surface area contributed by atoms with E-state index in [-0.39, 0.29) is 12.2 Å². The summed E-state index contributed by atoms with van der Waals surface area (Å²) in [5, 5.41) is 0. The first-order valence-corrected chi connectivity index (χ1v) is 20.2. The molecule has 0 aliphatic carbocycles. The lowest BCUT2D eigenvalue weighted by Crippen LogP contribution is -2.47. The van der Waals surface area contributed by atoms with Crippen molar-refractivity contribution in [2.45, 2.75) is 244 Å². The molecular weight excluding hydrogens is 528 g/mol. The molecule has 43 heavy (non-hydrogen) atoms. The summed E-state index contributed by atoms with van der Waals surface area (Å²) >= 11 is 0. The molecule has 0 amide bonds. The van der Waals surface area contributed by atoms with Crippen LogP contribution >= 0.6 is 0 Å². The first-order valence-electron chi connectivity index (χ1n) is 20.2. The van der Waals surface area contributed by atoms with E-state index in [9.17, 15) is 0 Å². The van der Waals surface area contributed by atoms with Crippen molar-refractivity contribution in [3.63, 3.8) is 0 Å². The van der Waals surface area contributed by atoms with Crippen LogP contribution in [-0.2, 0) is 14.2 Å². The Morgan fingerprint density at radius 3 is 0.837 bits per heavy atom. The average molecular weight is 607 g/mol. The highest BCUT2D eigenvalue weighted by atomic mass is 16.6. The van der Waals surface area contributed by atoms with Crippen LogP contribution in [0.1, 0.15) is 219 Å². The Labute approximate surface area is 270 Å². The van der Waals surface area contributed by atoms with Crippen molar-refractivity contribution in [2.24, 2.45) is 0 Å². The fraction of sp³-hybridized carbons (Fsp3) is 1.00. The third-order valence-electron chi connectivity index (χ3n) is 10.3. The van der Waals surface area contributed by atoms with Crippen molar-refractivity contribution in [3.05, 3.63) is 0 Å². The fourth-order valence-corrected chi connectivity index (χ4v) is 7.08. The summed E-state index contributed by atoms with van der Waals surface area (Å²) in [5.41, 5.74) is 0. The average Bonchev–Trinajstić information content (AvgIpc) is 2.95. The van der Waals surface area contributed by atoms with Gasteiger partial charge < -0.3 is 14.2 Å². The maximum absolute atomic E-state index is 6.84. The van der Waals surface area contributed by atoms with Crippen molar-refractivity contribution in [3.8, 4) is 0 Å². The molecule has 0 N–H and O–H groups in total. The predicted molar refractivity (Wildman–Crippen MR) is 187 cm³/mol. The summed E-state index contributed by atoms with van der Waals surface area (Å²) in [6, 6.07) is 0. The van der Waals surface area contributed by atoms with Gasteiger partial charge in [-0.3, -0.25) is 0 Å². The van der Waals surface area contributed by atoms with E-state index in [0.717, 1.165) is 13.2 Å². The standard InChI is InChI=1S/C40H78O3/c1-3-5-7-9-11-13-15-17-19-21-23-25-27-29-31-39(37-33-35-41-37)43-40(38-34-36-42-38)32-30-28-26-24-22-20-18-16-14-12-10-8-6-4-2/h37-40H,3-36H2,1-2H3. The first kappa shape index (κ1) is 39.1. The van der Waals surface area contributed by atoms with E-state index >= 15 is 0 Å². The first-order chi connectivity index (χ1) is 21.3. The molecule has 0 radical (unpaired) electrons. The summed E-state index contributed by atoms with van der Waals surface area (Å²) in [5.74, 6) is 0. The van der Waals surface area contributed by atoms with Crippen LogP contribution < -0.4 is 0 Å². The quantitative estimate of drug-likeness (QED) is 0.0682. The Kier molecular flexibility index (Phi) is 26.6. The minimum Gasteiger partial charge on any atom is -0.375 e. The highest BCUT2D eigenvalue weighted by molar-refractivity contribution is 4.83. The molecule has 4 atom stereocenters. The molecule has 0 bridgehead atoms. The Bertz CT molecular complexity index is 510. The minimum absolute atomic E-state index is 0.284. The number of ether oxygens (including phenoxy) is 3. The van der Waals surface area contributed by atoms with Crippen molar-refractivity contribution >= 4 is 0 Å². The second kappa shape index (κ2) is 29.3. The van der Waals surface area contributed by atoms with Crippen LogP contribution in [0.2, 0.25) is 0 Å². The van der Waals surface area contributed by atoms with Gasteiger partial charge in [-0.2, -0.15) is 0 Å². The third-order valence-corrected chi connectivity index (χ3v) is 10.3. The molecule has 3 nitrogen and oxygen atoms in total. The molecule has 2 rings (SSSR count). The van der Waals surface area contributed by atoms with Gasteiger partial charge in [-0.1, -0.05) is 194 Å². The van der Waals surface area contributed by atoms with E-state index < -0.39 is 0 Å². The third kappa shape index (κ3) is 21.3. The van der Waals surface area contributed by atoms with Crippen LogP contribution in [0, 0.1) is 0 Å². The number of unbranched alkanes of at least 4 members (excludes halogenated alkanes) is 26. The van der Waals surface area contributed by atoms with Gasteiger partial charge in [0.2, 0.25) is 0 Å². The molecule has 0 aromatic carbocycles. The molecule has 0 saturated carbocycles. The number of rotatable bonds is 34. The van der Waals surface area contributed by atoms with E-state index in [4.69, 9.17) is 14.2 Å². The van der Waals surface area contributed by atoms with Gasteiger partial charge >= 0.3 is 0 Å². The lowest BCUT2D eigenvalue weighted by molar-refractivity contribution is -0.202. The zero-order valence-electron chi connectivity index (χ0n) is 29.6. The summed E-state index contributed by atoms with van der Waals surface area (Å²) in [6.45, 7) is 6.45. The molecular formula is C40H78O3. The molecule has 4 unspecified atom stereocenters. The van der Waals surface area contributed by atoms with Gasteiger partial charge in [0.25, 0.3) is 0 Å². The van der Waals surface area contributed by atoms with E-state index in [0.29, 0.717) is 12.2 Å². The highest BCUT2D eigenvalue weighted by Gasteiger charge is 2.35. The second-order valence-corrected chi connectivity index (χ2v) is 14.4. The molecule has 0 aromatic rings. The smallest absolute Gasteiger partial charge is 0.0858 e. The normalized spacial score (nSPS) is 19.7. The van der Waals surface area contributed by atoms with Crippen LogP contribution in [0.5, 0.6) is 0 Å². The second-order valence-electron chi connectivity index (χ2n) is 14.4. The maximum atomic E-state index is 6.84. The van der Waals surface area contributed by atoms with Crippen LogP contribution in [0.15, 0.2) is 0 Å². The maximum Gasteiger partial charge on any atom is 0.0858 e. The molecule has 0 aromatic heterocycles. The van der Waals surface area contributed by atoms with E-state index in [1.165, 1.54) is 205 Å². The van der Waals surface area contributed by atoms with Crippen molar-refractivity contribution in [1.29, 1.82) is 0 Å². The molecule has 0 spiro atoms. The molecule has 2 heterocycles. The zero-order valence-corrected chi connectivity index (χ0v) is 29.6. The predicted octanol–water partition coefficient (Wildman–Crippen LogP) is 13.1. The van der Waals surface area contributed by atoms with E-state index in [1.54, 1.807) is 0 Å². The summed E-state index contributed by atoms with van der Waals surface area (Å²) in [6.07, 6.45) is 45.6. The van der Waals surface area contributed by atoms with E-state index in [2.05, 4.69) is 13.8 Å². The number of hydrogen-bond acceptors (Lipinski definition) is 3. The molecule has 3 heteroatoms. The Morgan fingerprint density at radius 1 is 0.395 bits per heavy atom. The van der Waals surface area contributed by atoms with Gasteiger partial charge in [0.15, 0.2) is 0 Å². The molecule has 2 saturated heterocycles. The van der Waals surface area contributed by atoms with E-state index in [1.807, 2.05) is 0 Å². The molecule has 2 fully saturated rings. The highest BCUT2D eigenvalue weighted by Crippen LogP contribution is 2.29. The van der Waals surface area contributed by atoms with Crippen molar-refractivity contribution < 1.29 is 14.2 Å². The number of hydrogen-bond donors (Lipinski definition) is 0. The SMILES string of the molecule is CCCCCCCCCCCCCCCCC(OC(CCCCCCCCCCCCCCCC)C1CCO1)C1CCO1. The van der Waals surface area contributed by atoms with Crippen LogP contribution in [0.4, 0.5) is 0 Å². The van der Waals surface area contributed by atoms with Gasteiger partial charge in [-0.05, 0) is 25.7 Å². The summed E-state index contributed by atoms with van der Waals surface area (Å²) in [7, 11) is 0. The summed E-state index contributed by atoms with van der Waals surface area (Å²) < 4.78 is 18.7. The molecule has 2 aliphatic heterocycles. The van der Waals surface area contributed by atoms with Gasteiger partial charge in [0.05, 0.1) is 24.4 Å². The fourth-order valence-electron chi connectivity index (χ4n) is 7.08. The molecule has 2 aliphatic rings. The molecule has 256 valence electrons. The minimum atomic E-state index is 0.284. The Balaban J connectivity index is 1.47. The van der Waals surface area contributed by atoms with Gasteiger partial charge in [0, 0.05) is 13.2 Å². The van der Waals surface area contributed by atoms with Crippen molar-refractivity contribution in [1.82, 2.24) is 0 Å². The van der Waals surface area contributed by atoms with Crippen LogP contribution in [0.25, 0.3) is 0 Å². The zero-order chi connectivity index (χ0) is 30.5.